The van der Waals surface area contributed by atoms with E-state index in [1.54, 1.807) is 0 Å². The molecular formula is C8H10N2O3S. The molecule has 0 bridgehead atoms. The van der Waals surface area contributed by atoms with Crippen molar-refractivity contribution in [3.63, 3.8) is 0 Å². The maximum Gasteiger partial charge on any atom is 0.393 e. The van der Waals surface area contributed by atoms with E-state index in [-0.39, 0.29) is 11.8 Å². The number of nitrogens with zero attached hydrogens (tertiary/aromatic N) is 2. The number of aromatic nitrogens is 2. The molecule has 1 N–H and O–H groups in total. The Hall–Kier alpha value is -1.04. The Balaban J connectivity index is 2.11. The molecule has 2 heterocycles. The van der Waals surface area contributed by atoms with Gasteiger partial charge >= 0.3 is 11.9 Å². The molecule has 1 aromatic heterocycles. The van der Waals surface area contributed by atoms with Crippen LogP contribution in [0.4, 0.5) is 0 Å². The molecule has 14 heavy (non-hydrogen) atoms. The molecule has 1 aliphatic heterocycles. The fourth-order valence-corrected chi connectivity index (χ4v) is 2.55. The van der Waals surface area contributed by atoms with E-state index in [1.165, 1.54) is 0 Å². The summed E-state index contributed by atoms with van der Waals surface area (Å²) in [5, 5.41) is 15.8. The van der Waals surface area contributed by atoms with E-state index < -0.39 is 5.97 Å². The number of hydrogen-bond acceptors (Lipinski definition) is 5. The lowest BCUT2D eigenvalue weighted by Crippen LogP contribution is -2.08. The minimum Gasteiger partial charge on any atom is -0.474 e. The third-order valence-corrected chi connectivity index (χ3v) is 3.35. The van der Waals surface area contributed by atoms with Gasteiger partial charge in [0.1, 0.15) is 0 Å². The maximum absolute atomic E-state index is 10.5. The molecule has 1 unspecified atom stereocenters. The van der Waals surface area contributed by atoms with E-state index in [9.17, 15) is 4.79 Å². The van der Waals surface area contributed by atoms with Crippen molar-refractivity contribution in [3.8, 4) is 0 Å². The van der Waals surface area contributed by atoms with Crippen LogP contribution in [0.15, 0.2) is 4.42 Å². The van der Waals surface area contributed by atoms with Crippen LogP contribution in [0.2, 0.25) is 0 Å². The molecule has 0 saturated carbocycles. The van der Waals surface area contributed by atoms with Crippen molar-refractivity contribution in [1.29, 1.82) is 0 Å². The lowest BCUT2D eigenvalue weighted by Gasteiger charge is -2.16. The van der Waals surface area contributed by atoms with Crippen LogP contribution in [0.1, 0.15) is 35.3 Å². The van der Waals surface area contributed by atoms with Gasteiger partial charge in [0.25, 0.3) is 0 Å². The van der Waals surface area contributed by atoms with Crippen LogP contribution in [-0.4, -0.2) is 32.8 Å². The molecule has 0 aromatic carbocycles. The quantitative estimate of drug-likeness (QED) is 0.801. The Bertz CT molecular complexity index is 333. The van der Waals surface area contributed by atoms with E-state index in [1.807, 2.05) is 11.8 Å². The number of carbonyl (C=O) groups is 1. The minimum absolute atomic E-state index is 0.231. The average molecular weight is 214 g/mol. The van der Waals surface area contributed by atoms with Crippen molar-refractivity contribution in [2.75, 3.05) is 11.5 Å². The van der Waals surface area contributed by atoms with Crippen molar-refractivity contribution in [2.24, 2.45) is 0 Å². The molecule has 1 aliphatic rings. The second-order valence-corrected chi connectivity index (χ2v) is 4.31. The predicted octanol–water partition coefficient (Wildman–Crippen LogP) is 1.38. The summed E-state index contributed by atoms with van der Waals surface area (Å²) in [7, 11) is 0. The number of carboxylic acid groups (broad SMARTS) is 1. The fraction of sp³-hybridized carbons (Fsp3) is 0.625. The highest BCUT2D eigenvalue weighted by molar-refractivity contribution is 7.99. The molecule has 0 aliphatic carbocycles. The molecule has 1 fully saturated rings. The standard InChI is InChI=1S/C8H10N2O3S/c11-8(12)7-10-9-6(13-7)5-2-1-3-14-4-5/h5H,1-4H2,(H,11,12). The van der Waals surface area contributed by atoms with Gasteiger partial charge in [0.05, 0.1) is 0 Å². The summed E-state index contributed by atoms with van der Waals surface area (Å²) in [6.07, 6.45) is 2.13. The first-order valence-electron chi connectivity index (χ1n) is 4.42. The first-order valence-corrected chi connectivity index (χ1v) is 5.57. The van der Waals surface area contributed by atoms with E-state index in [2.05, 4.69) is 10.2 Å². The van der Waals surface area contributed by atoms with Crippen LogP contribution in [0, 0.1) is 0 Å². The van der Waals surface area contributed by atoms with Gasteiger partial charge in [-0.05, 0) is 18.6 Å². The third kappa shape index (κ3) is 1.89. The first kappa shape index (κ1) is 9.51. The van der Waals surface area contributed by atoms with Crippen LogP contribution in [-0.2, 0) is 0 Å². The second-order valence-electron chi connectivity index (χ2n) is 3.16. The molecule has 2 rings (SSSR count). The van der Waals surface area contributed by atoms with Gasteiger partial charge in [-0.15, -0.1) is 10.2 Å². The van der Waals surface area contributed by atoms with E-state index >= 15 is 0 Å². The van der Waals surface area contributed by atoms with Crippen molar-refractivity contribution in [1.82, 2.24) is 10.2 Å². The molecule has 1 aromatic rings. The summed E-state index contributed by atoms with van der Waals surface area (Å²) >= 11 is 1.84. The molecule has 6 heteroatoms. The Morgan fingerprint density at radius 2 is 2.43 bits per heavy atom. The summed E-state index contributed by atoms with van der Waals surface area (Å²) in [6, 6.07) is 0. The van der Waals surface area contributed by atoms with Gasteiger partial charge in [0, 0.05) is 11.7 Å². The van der Waals surface area contributed by atoms with Crippen LogP contribution in [0.5, 0.6) is 0 Å². The smallest absolute Gasteiger partial charge is 0.393 e. The summed E-state index contributed by atoms with van der Waals surface area (Å²) in [4.78, 5) is 10.5. The molecule has 0 spiro atoms. The highest BCUT2D eigenvalue weighted by Gasteiger charge is 2.23. The van der Waals surface area contributed by atoms with Crippen molar-refractivity contribution < 1.29 is 14.3 Å². The number of carboxylic acids is 1. The number of rotatable bonds is 2. The number of aromatic carboxylic acids is 1. The van der Waals surface area contributed by atoms with Crippen LogP contribution in [0.3, 0.4) is 0 Å². The molecule has 76 valence electrons. The normalized spacial score (nSPS) is 22.1. The Kier molecular flexibility index (Phi) is 2.72. The molecule has 0 amide bonds. The van der Waals surface area contributed by atoms with Gasteiger partial charge in [0.15, 0.2) is 0 Å². The third-order valence-electron chi connectivity index (χ3n) is 2.13. The Morgan fingerprint density at radius 1 is 1.57 bits per heavy atom. The number of thioether (sulfide) groups is 1. The fourth-order valence-electron chi connectivity index (χ4n) is 1.42. The zero-order valence-electron chi connectivity index (χ0n) is 7.47. The average Bonchev–Trinajstić information content (AvgIpc) is 2.68. The lowest BCUT2D eigenvalue weighted by molar-refractivity contribution is 0.0651. The Labute approximate surface area is 84.9 Å². The van der Waals surface area contributed by atoms with Gasteiger partial charge in [-0.3, -0.25) is 0 Å². The van der Waals surface area contributed by atoms with Gasteiger partial charge in [-0.2, -0.15) is 11.8 Å². The largest absolute Gasteiger partial charge is 0.474 e. The monoisotopic (exact) mass is 214 g/mol. The second kappa shape index (κ2) is 4.00. The van der Waals surface area contributed by atoms with Gasteiger partial charge in [0.2, 0.25) is 5.89 Å². The van der Waals surface area contributed by atoms with Crippen molar-refractivity contribution >= 4 is 17.7 Å². The molecular weight excluding hydrogens is 204 g/mol. The first-order chi connectivity index (χ1) is 6.77. The van der Waals surface area contributed by atoms with Gasteiger partial charge < -0.3 is 9.52 Å². The minimum atomic E-state index is -1.16. The zero-order chi connectivity index (χ0) is 9.97. The van der Waals surface area contributed by atoms with Crippen molar-refractivity contribution in [3.05, 3.63) is 11.8 Å². The van der Waals surface area contributed by atoms with E-state index in [4.69, 9.17) is 9.52 Å². The van der Waals surface area contributed by atoms with Crippen LogP contribution >= 0.6 is 11.8 Å². The Morgan fingerprint density at radius 3 is 3.00 bits per heavy atom. The topological polar surface area (TPSA) is 76.2 Å². The maximum atomic E-state index is 10.5. The summed E-state index contributed by atoms with van der Waals surface area (Å²) in [5.74, 6) is 1.34. The van der Waals surface area contributed by atoms with Crippen molar-refractivity contribution in [2.45, 2.75) is 18.8 Å². The zero-order valence-corrected chi connectivity index (χ0v) is 8.29. The molecule has 1 atom stereocenters. The molecule has 0 radical (unpaired) electrons. The highest BCUT2D eigenvalue weighted by Crippen LogP contribution is 2.30. The molecule has 1 saturated heterocycles. The predicted molar refractivity (Wildman–Crippen MR) is 50.6 cm³/mol. The van der Waals surface area contributed by atoms with Gasteiger partial charge in [-0.1, -0.05) is 0 Å². The van der Waals surface area contributed by atoms with Gasteiger partial charge in [-0.25, -0.2) is 4.79 Å². The van der Waals surface area contributed by atoms with Crippen LogP contribution < -0.4 is 0 Å². The summed E-state index contributed by atoms with van der Waals surface area (Å²) < 4.78 is 5.05. The summed E-state index contributed by atoms with van der Waals surface area (Å²) in [6.45, 7) is 0. The SMILES string of the molecule is O=C(O)c1nnc(C2CCCSC2)o1. The lowest BCUT2D eigenvalue weighted by atomic mass is 10.1. The van der Waals surface area contributed by atoms with Crippen LogP contribution in [0.25, 0.3) is 0 Å². The number of hydrogen-bond donors (Lipinski definition) is 1. The molecule has 5 nitrogen and oxygen atoms in total. The van der Waals surface area contributed by atoms with E-state index in [0.29, 0.717) is 5.89 Å². The highest BCUT2D eigenvalue weighted by atomic mass is 32.2. The summed E-state index contributed by atoms with van der Waals surface area (Å²) in [5.41, 5.74) is 0. The van der Waals surface area contributed by atoms with E-state index in [0.717, 1.165) is 24.3 Å².